The molecule has 2 rings (SSSR count). The fraction of sp³-hybridized carbons (Fsp3) is 0.769. The fourth-order valence-corrected chi connectivity index (χ4v) is 4.03. The first-order chi connectivity index (χ1) is 10.0. The van der Waals surface area contributed by atoms with Gasteiger partial charge < -0.3 is 5.32 Å². The zero-order valence-electron chi connectivity index (χ0n) is 12.7. The van der Waals surface area contributed by atoms with Gasteiger partial charge in [0.25, 0.3) is 0 Å². The molecule has 1 fully saturated rings. The van der Waals surface area contributed by atoms with Crippen molar-refractivity contribution < 1.29 is 8.42 Å². The topological polar surface area (TPSA) is 79.3 Å². The van der Waals surface area contributed by atoms with Crippen LogP contribution in [0.5, 0.6) is 0 Å². The molecule has 1 atom stereocenters. The van der Waals surface area contributed by atoms with Crippen LogP contribution in [-0.4, -0.2) is 48.2 Å². The van der Waals surface area contributed by atoms with Crippen LogP contribution in [0.25, 0.3) is 0 Å². The number of nitrogens with one attached hydrogen (secondary N) is 2. The van der Waals surface area contributed by atoms with E-state index in [0.717, 1.165) is 32.2 Å². The molecule has 0 aromatic carbocycles. The Morgan fingerprint density at radius 3 is 2.90 bits per heavy atom. The number of hydrogen-bond acceptors (Lipinski definition) is 4. The Morgan fingerprint density at radius 2 is 2.24 bits per heavy atom. The summed E-state index contributed by atoms with van der Waals surface area (Å²) in [4.78, 5) is 0. The molecule has 0 bridgehead atoms. The Labute approximate surface area is 126 Å². The lowest BCUT2D eigenvalue weighted by Gasteiger charge is -2.34. The van der Waals surface area contributed by atoms with Crippen molar-refractivity contribution in [2.75, 3.05) is 24.4 Å². The van der Waals surface area contributed by atoms with Crippen LogP contribution in [0.1, 0.15) is 32.6 Å². The minimum atomic E-state index is -3.54. The van der Waals surface area contributed by atoms with Crippen LogP contribution in [0.3, 0.4) is 0 Å². The Morgan fingerprint density at radius 1 is 1.43 bits per heavy atom. The molecule has 0 radical (unpaired) electrons. The summed E-state index contributed by atoms with van der Waals surface area (Å²) in [6.45, 7) is 4.29. The number of nitrogens with zero attached hydrogens (tertiary/aromatic N) is 3. The second-order valence-electron chi connectivity index (χ2n) is 5.45. The molecule has 0 aliphatic carbocycles. The number of anilines is 1. The zero-order chi connectivity index (χ0) is 15.3. The third-order valence-corrected chi connectivity index (χ3v) is 5.20. The van der Waals surface area contributed by atoms with E-state index < -0.39 is 10.2 Å². The smallest absolute Gasteiger partial charge is 0.303 e. The van der Waals surface area contributed by atoms with Gasteiger partial charge in [0, 0.05) is 38.4 Å². The summed E-state index contributed by atoms with van der Waals surface area (Å²) in [5.74, 6) is 0.364. The van der Waals surface area contributed by atoms with E-state index >= 15 is 0 Å². The molecule has 21 heavy (non-hydrogen) atoms. The zero-order valence-corrected chi connectivity index (χ0v) is 13.6. The van der Waals surface area contributed by atoms with E-state index in [0.29, 0.717) is 18.9 Å². The van der Waals surface area contributed by atoms with Gasteiger partial charge in [-0.2, -0.15) is 17.8 Å². The summed E-state index contributed by atoms with van der Waals surface area (Å²) in [5.41, 5.74) is 0. The number of aromatic nitrogens is 2. The lowest BCUT2D eigenvalue weighted by molar-refractivity contribution is 0.247. The van der Waals surface area contributed by atoms with Crippen LogP contribution < -0.4 is 10.0 Å². The van der Waals surface area contributed by atoms with E-state index in [-0.39, 0.29) is 6.04 Å². The van der Waals surface area contributed by atoms with Crippen molar-refractivity contribution in [2.24, 2.45) is 7.05 Å². The Kier molecular flexibility index (Phi) is 5.60. The predicted octanol–water partition coefficient (Wildman–Crippen LogP) is 0.931. The largest absolute Gasteiger partial charge is 0.315 e. The predicted molar refractivity (Wildman–Crippen MR) is 83.3 cm³/mol. The molecule has 0 saturated carbocycles. The summed E-state index contributed by atoms with van der Waals surface area (Å²) in [6.07, 6.45) is 5.65. The quantitative estimate of drug-likeness (QED) is 0.734. The minimum Gasteiger partial charge on any atom is -0.315 e. The summed E-state index contributed by atoms with van der Waals surface area (Å²) >= 11 is 0. The summed E-state index contributed by atoms with van der Waals surface area (Å²) in [6, 6.07) is 1.68. The lowest BCUT2D eigenvalue weighted by Crippen LogP contribution is -2.50. The van der Waals surface area contributed by atoms with Crippen molar-refractivity contribution >= 4 is 16.0 Å². The molecule has 2 N–H and O–H groups in total. The van der Waals surface area contributed by atoms with Crippen LogP contribution in [0.15, 0.2) is 12.3 Å². The van der Waals surface area contributed by atoms with Gasteiger partial charge in [-0.1, -0.05) is 13.3 Å². The fourth-order valence-electron chi connectivity index (χ4n) is 2.60. The second-order valence-corrected chi connectivity index (χ2v) is 7.07. The normalized spacial score (nSPS) is 20.6. The Hall–Kier alpha value is -1.12. The van der Waals surface area contributed by atoms with Gasteiger partial charge in [-0.3, -0.25) is 9.40 Å². The first-order valence-corrected chi connectivity index (χ1v) is 8.97. The number of aryl methyl sites for hydroxylation is 1. The Balaban J connectivity index is 2.04. The van der Waals surface area contributed by atoms with Crippen LogP contribution in [0.4, 0.5) is 5.82 Å². The highest BCUT2D eigenvalue weighted by Crippen LogP contribution is 2.21. The highest BCUT2D eigenvalue weighted by atomic mass is 32.2. The Bertz CT molecular complexity index is 543. The standard InChI is InChI=1S/C13H25N5O2S/c1-3-8-14-11-12-6-4-5-9-18(12)21(19,20)16-13-7-10-17(2)15-13/h7,10,12,14H,3-6,8-9,11H2,1-2H3,(H,15,16). The minimum absolute atomic E-state index is 0.0199. The summed E-state index contributed by atoms with van der Waals surface area (Å²) in [7, 11) is -1.78. The van der Waals surface area contributed by atoms with Crippen molar-refractivity contribution in [3.8, 4) is 0 Å². The van der Waals surface area contributed by atoms with Crippen molar-refractivity contribution in [2.45, 2.75) is 38.6 Å². The third-order valence-electron chi connectivity index (χ3n) is 3.64. The van der Waals surface area contributed by atoms with Gasteiger partial charge in [0.1, 0.15) is 0 Å². The van der Waals surface area contributed by atoms with Crippen LogP contribution in [0.2, 0.25) is 0 Å². The second kappa shape index (κ2) is 7.24. The average molecular weight is 315 g/mol. The molecule has 1 aromatic heterocycles. The van der Waals surface area contributed by atoms with Gasteiger partial charge in [-0.05, 0) is 25.8 Å². The van der Waals surface area contributed by atoms with E-state index in [2.05, 4.69) is 22.1 Å². The maximum Gasteiger partial charge on any atom is 0.303 e. The molecule has 1 aromatic rings. The highest BCUT2D eigenvalue weighted by molar-refractivity contribution is 7.90. The maximum absolute atomic E-state index is 12.5. The van der Waals surface area contributed by atoms with Crippen LogP contribution >= 0.6 is 0 Å². The molecule has 1 aliphatic rings. The molecule has 7 nitrogen and oxygen atoms in total. The molecule has 1 saturated heterocycles. The SMILES string of the molecule is CCCNCC1CCCCN1S(=O)(=O)Nc1ccn(C)n1. The monoisotopic (exact) mass is 315 g/mol. The van der Waals surface area contributed by atoms with Crippen molar-refractivity contribution in [1.82, 2.24) is 19.4 Å². The van der Waals surface area contributed by atoms with E-state index in [1.165, 1.54) is 0 Å². The van der Waals surface area contributed by atoms with Gasteiger partial charge in [-0.15, -0.1) is 0 Å². The molecule has 0 spiro atoms. The molecule has 1 aliphatic heterocycles. The van der Waals surface area contributed by atoms with Crippen molar-refractivity contribution in [1.29, 1.82) is 0 Å². The maximum atomic E-state index is 12.5. The van der Waals surface area contributed by atoms with Crippen molar-refractivity contribution in [3.63, 3.8) is 0 Å². The van der Waals surface area contributed by atoms with Gasteiger partial charge in [-0.25, -0.2) is 0 Å². The average Bonchev–Trinajstić information content (AvgIpc) is 2.84. The lowest BCUT2D eigenvalue weighted by atomic mass is 10.1. The van der Waals surface area contributed by atoms with Gasteiger partial charge in [0.05, 0.1) is 0 Å². The van der Waals surface area contributed by atoms with Gasteiger partial charge >= 0.3 is 10.2 Å². The van der Waals surface area contributed by atoms with E-state index in [4.69, 9.17) is 0 Å². The van der Waals surface area contributed by atoms with E-state index in [9.17, 15) is 8.42 Å². The summed E-state index contributed by atoms with van der Waals surface area (Å²) < 4.78 is 30.8. The number of rotatable bonds is 7. The molecule has 120 valence electrons. The molecular formula is C13H25N5O2S. The van der Waals surface area contributed by atoms with Crippen LogP contribution in [0, 0.1) is 0 Å². The molecule has 0 amide bonds. The first-order valence-electron chi connectivity index (χ1n) is 7.53. The molecule has 8 heteroatoms. The first kappa shape index (κ1) is 16.3. The van der Waals surface area contributed by atoms with Gasteiger partial charge in [0.2, 0.25) is 0 Å². The highest BCUT2D eigenvalue weighted by Gasteiger charge is 2.32. The van der Waals surface area contributed by atoms with Crippen molar-refractivity contribution in [3.05, 3.63) is 12.3 Å². The molecule has 2 heterocycles. The third kappa shape index (κ3) is 4.42. The number of piperidine rings is 1. The van der Waals surface area contributed by atoms with E-state index in [1.54, 1.807) is 28.3 Å². The van der Waals surface area contributed by atoms with Gasteiger partial charge in [0.15, 0.2) is 5.82 Å². The number of hydrogen-bond donors (Lipinski definition) is 2. The van der Waals surface area contributed by atoms with Crippen LogP contribution in [-0.2, 0) is 17.3 Å². The summed E-state index contributed by atoms with van der Waals surface area (Å²) in [5, 5.41) is 7.40. The molecule has 1 unspecified atom stereocenters. The molecular weight excluding hydrogens is 290 g/mol. The van der Waals surface area contributed by atoms with E-state index in [1.807, 2.05) is 0 Å².